The fourth-order valence-electron chi connectivity index (χ4n) is 3.69. The van der Waals surface area contributed by atoms with Crippen LogP contribution in [0, 0.1) is 0 Å². The summed E-state index contributed by atoms with van der Waals surface area (Å²) in [4.78, 5) is 18.7. The van der Waals surface area contributed by atoms with E-state index in [2.05, 4.69) is 44.2 Å². The summed E-state index contributed by atoms with van der Waals surface area (Å²) >= 11 is 0. The standard InChI is InChI=1S/C20H12N4P2/c1-5-13-17(21-9-1)18-14(6-2-10-22-18)25(13)26-15-7-3-11-23-19(15)20-16(26)8-4-12-24-20/h1-12H. The van der Waals surface area contributed by atoms with Crippen molar-refractivity contribution in [2.24, 2.45) is 0 Å². The van der Waals surface area contributed by atoms with Crippen molar-refractivity contribution in [1.82, 2.24) is 19.9 Å². The summed E-state index contributed by atoms with van der Waals surface area (Å²) < 4.78 is 0. The minimum absolute atomic E-state index is 0.591. The van der Waals surface area contributed by atoms with Gasteiger partial charge in [-0.25, -0.2) is 0 Å². The van der Waals surface area contributed by atoms with Crippen molar-refractivity contribution in [3.05, 3.63) is 73.3 Å². The zero-order valence-corrected chi connectivity index (χ0v) is 15.4. The molecule has 0 aromatic carbocycles. The van der Waals surface area contributed by atoms with Crippen LogP contribution >= 0.6 is 14.4 Å². The smallest absolute Gasteiger partial charge is 0.101 e. The Kier molecular flexibility index (Phi) is 2.96. The van der Waals surface area contributed by atoms with E-state index >= 15 is 0 Å². The van der Waals surface area contributed by atoms with Crippen LogP contribution in [0.15, 0.2) is 73.3 Å². The highest BCUT2D eigenvalue weighted by Crippen LogP contribution is 2.71. The van der Waals surface area contributed by atoms with Gasteiger partial charge in [0.1, 0.15) is 22.1 Å². The Morgan fingerprint density at radius 1 is 0.423 bits per heavy atom. The Labute approximate surface area is 150 Å². The molecule has 6 heteroatoms. The first-order chi connectivity index (χ1) is 12.9. The topological polar surface area (TPSA) is 51.6 Å². The van der Waals surface area contributed by atoms with Crippen molar-refractivity contribution in [3.63, 3.8) is 0 Å². The molecule has 6 rings (SSSR count). The molecule has 0 saturated heterocycles. The Bertz CT molecular complexity index is 1230. The van der Waals surface area contributed by atoms with Gasteiger partial charge in [-0.2, -0.15) is 0 Å². The summed E-state index contributed by atoms with van der Waals surface area (Å²) in [7, 11) is -1.18. The van der Waals surface area contributed by atoms with E-state index in [9.17, 15) is 0 Å². The monoisotopic (exact) mass is 370 g/mol. The first kappa shape index (κ1) is 14.4. The van der Waals surface area contributed by atoms with Gasteiger partial charge in [0.15, 0.2) is 0 Å². The van der Waals surface area contributed by atoms with Gasteiger partial charge in [0.25, 0.3) is 0 Å². The van der Waals surface area contributed by atoms with Crippen molar-refractivity contribution in [1.29, 1.82) is 0 Å². The number of fused-ring (bicyclic) bond motifs is 6. The summed E-state index contributed by atoms with van der Waals surface area (Å²) in [6.07, 6.45) is 7.46. The van der Waals surface area contributed by atoms with E-state index in [1.807, 2.05) is 49.1 Å². The quantitative estimate of drug-likeness (QED) is 0.348. The fraction of sp³-hybridized carbons (Fsp3) is 0. The predicted octanol–water partition coefficient (Wildman–Crippen LogP) is 6.16. The lowest BCUT2D eigenvalue weighted by Gasteiger charge is -2.04. The maximum atomic E-state index is 4.67. The van der Waals surface area contributed by atoms with Crippen molar-refractivity contribution < 1.29 is 0 Å². The van der Waals surface area contributed by atoms with Gasteiger partial charge in [0.05, 0.1) is 0 Å². The Balaban J connectivity index is 1.93. The molecule has 0 atom stereocenters. The Morgan fingerprint density at radius 3 is 0.962 bits per heavy atom. The summed E-state index contributed by atoms with van der Waals surface area (Å²) in [6.45, 7) is 0. The number of nitrogens with zero attached hydrogens (tertiary/aromatic N) is 4. The highest BCUT2D eigenvalue weighted by atomic mass is 32.0. The molecule has 0 radical (unpaired) electrons. The average molecular weight is 370 g/mol. The van der Waals surface area contributed by atoms with Crippen LogP contribution in [0.4, 0.5) is 0 Å². The molecule has 0 unspecified atom stereocenters. The zero-order valence-electron chi connectivity index (χ0n) is 13.6. The van der Waals surface area contributed by atoms with Gasteiger partial charge in [-0.15, -0.1) is 0 Å². The molecule has 6 aromatic rings. The van der Waals surface area contributed by atoms with Crippen molar-refractivity contribution in [2.75, 3.05) is 0 Å². The van der Waals surface area contributed by atoms with Crippen molar-refractivity contribution in [2.45, 2.75) is 0 Å². The maximum absolute atomic E-state index is 4.67. The summed E-state index contributed by atoms with van der Waals surface area (Å²) in [5.74, 6) is 0. The summed E-state index contributed by atoms with van der Waals surface area (Å²) in [5.41, 5.74) is 4.16. The minimum Gasteiger partial charge on any atom is -0.254 e. The largest absolute Gasteiger partial charge is 0.254 e. The third kappa shape index (κ3) is 1.81. The summed E-state index contributed by atoms with van der Waals surface area (Å²) in [5, 5.41) is 5.31. The van der Waals surface area contributed by atoms with E-state index in [4.69, 9.17) is 0 Å². The molecular weight excluding hydrogens is 358 g/mol. The van der Waals surface area contributed by atoms with Gasteiger partial charge in [-0.05, 0) is 48.5 Å². The molecule has 6 aromatic heterocycles. The molecule has 4 nitrogen and oxygen atoms in total. The van der Waals surface area contributed by atoms with Crippen LogP contribution in [0.5, 0.6) is 0 Å². The zero-order chi connectivity index (χ0) is 17.1. The van der Waals surface area contributed by atoms with Crippen LogP contribution in [0.2, 0.25) is 0 Å². The summed E-state index contributed by atoms with van der Waals surface area (Å²) in [6, 6.07) is 17.1. The molecule has 26 heavy (non-hydrogen) atoms. The lowest BCUT2D eigenvalue weighted by atomic mass is 10.3. The second kappa shape index (κ2) is 5.35. The minimum atomic E-state index is -0.591. The normalized spacial score (nSPS) is 11.8. The van der Waals surface area contributed by atoms with Crippen LogP contribution in [0.1, 0.15) is 0 Å². The predicted molar refractivity (Wildman–Crippen MR) is 110 cm³/mol. The molecular formula is C20H12N4P2. The molecule has 0 spiro atoms. The first-order valence-electron chi connectivity index (χ1n) is 8.34. The Hall–Kier alpha value is -2.80. The molecule has 122 valence electrons. The second-order valence-corrected chi connectivity index (χ2v) is 11.7. The number of rotatable bonds is 1. The molecule has 0 aliphatic carbocycles. The van der Waals surface area contributed by atoms with Gasteiger partial charge in [0.2, 0.25) is 0 Å². The Morgan fingerprint density at radius 2 is 0.692 bits per heavy atom. The third-order valence-electron chi connectivity index (χ3n) is 4.71. The van der Waals surface area contributed by atoms with Crippen LogP contribution in [0.3, 0.4) is 0 Å². The van der Waals surface area contributed by atoms with Gasteiger partial charge in [-0.1, -0.05) is 14.4 Å². The van der Waals surface area contributed by atoms with Crippen LogP contribution in [0.25, 0.3) is 42.5 Å². The van der Waals surface area contributed by atoms with Crippen LogP contribution in [-0.2, 0) is 0 Å². The third-order valence-corrected chi connectivity index (χ3v) is 12.2. The van der Waals surface area contributed by atoms with Gasteiger partial charge in [-0.3, -0.25) is 19.9 Å². The van der Waals surface area contributed by atoms with Crippen molar-refractivity contribution >= 4 is 57.0 Å². The first-order valence-corrected chi connectivity index (χ1v) is 11.7. The number of pyridine rings is 4. The molecule has 0 fully saturated rings. The van der Waals surface area contributed by atoms with Gasteiger partial charge in [0, 0.05) is 45.3 Å². The van der Waals surface area contributed by atoms with Crippen LogP contribution < -0.4 is 0 Å². The lowest BCUT2D eigenvalue weighted by Crippen LogP contribution is -1.74. The number of hydrogen-bond acceptors (Lipinski definition) is 4. The molecule has 0 amide bonds. The molecule has 0 bridgehead atoms. The number of hydrogen-bond donors (Lipinski definition) is 0. The maximum Gasteiger partial charge on any atom is 0.101 e. The lowest BCUT2D eigenvalue weighted by molar-refractivity contribution is 1.39. The highest BCUT2D eigenvalue weighted by Gasteiger charge is 2.21. The average Bonchev–Trinajstić information content (AvgIpc) is 3.21. The molecule has 0 aliphatic heterocycles. The van der Waals surface area contributed by atoms with E-state index in [0.29, 0.717) is 0 Å². The van der Waals surface area contributed by atoms with Gasteiger partial charge >= 0.3 is 0 Å². The van der Waals surface area contributed by atoms with E-state index in [1.165, 1.54) is 20.5 Å². The highest BCUT2D eigenvalue weighted by molar-refractivity contribution is 8.29. The SMILES string of the molecule is c1cnc2c3ncccc3p(-p3c4cccnc4c4ncccc43)c2c1. The molecule has 0 aliphatic rings. The van der Waals surface area contributed by atoms with E-state index in [0.717, 1.165) is 22.1 Å². The molecule has 6 heterocycles. The molecule has 0 N–H and O–H groups in total. The number of aromatic nitrogens is 4. The van der Waals surface area contributed by atoms with E-state index in [-0.39, 0.29) is 0 Å². The van der Waals surface area contributed by atoms with Crippen molar-refractivity contribution in [3.8, 4) is 0 Å². The second-order valence-electron chi connectivity index (χ2n) is 6.11. The van der Waals surface area contributed by atoms with E-state index in [1.54, 1.807) is 0 Å². The fourth-order valence-corrected chi connectivity index (χ4v) is 12.0. The van der Waals surface area contributed by atoms with Gasteiger partial charge < -0.3 is 0 Å². The van der Waals surface area contributed by atoms with E-state index < -0.39 is 14.4 Å². The van der Waals surface area contributed by atoms with Crippen LogP contribution in [-0.4, -0.2) is 19.9 Å². The molecule has 0 saturated carbocycles.